The molecule has 0 bridgehead atoms. The van der Waals surface area contributed by atoms with Crippen molar-refractivity contribution in [1.82, 2.24) is 19.9 Å². The summed E-state index contributed by atoms with van der Waals surface area (Å²) in [6.45, 7) is -4.07. The summed E-state index contributed by atoms with van der Waals surface area (Å²) in [5.41, 5.74) is 0. The second kappa shape index (κ2) is 10.6. The van der Waals surface area contributed by atoms with Crippen LogP contribution in [0, 0.1) is 0 Å². The topological polar surface area (TPSA) is 82.6 Å². The van der Waals surface area contributed by atoms with Crippen molar-refractivity contribution in [3.8, 4) is 0 Å². The highest BCUT2D eigenvalue weighted by atomic mass is 35.7. The fourth-order valence-electron chi connectivity index (χ4n) is 3.64. The summed E-state index contributed by atoms with van der Waals surface area (Å²) < 4.78 is 98.2. The van der Waals surface area contributed by atoms with Gasteiger partial charge in [-0.05, 0) is 25.7 Å². The van der Waals surface area contributed by atoms with Crippen LogP contribution >= 0.6 is 18.2 Å². The average Bonchev–Trinajstić information content (AvgIpc) is 2.70. The Balaban J connectivity index is 1.79. The van der Waals surface area contributed by atoms with Crippen LogP contribution in [0.25, 0.3) is 0 Å². The molecule has 2 rings (SSSR count). The second-order valence-corrected chi connectivity index (χ2v) is 10.2. The van der Waals surface area contributed by atoms with Crippen LogP contribution in [-0.4, -0.2) is 96.5 Å². The summed E-state index contributed by atoms with van der Waals surface area (Å²) in [5.74, 6) is -3.92. The minimum Gasteiger partial charge on any atom is -0.335 e. The number of hydrogen-bond acceptors (Lipinski definition) is 7. The van der Waals surface area contributed by atoms with Crippen molar-refractivity contribution in [2.75, 3.05) is 40.3 Å². The van der Waals surface area contributed by atoms with E-state index in [2.05, 4.69) is 0 Å². The lowest BCUT2D eigenvalue weighted by atomic mass is 10.1. The maximum absolute atomic E-state index is 12.6. The number of carbonyl (C=O) groups excluding carboxylic acids is 2. The third-order valence-electron chi connectivity index (χ3n) is 5.49. The van der Waals surface area contributed by atoms with Crippen LogP contribution in [0.1, 0.15) is 25.7 Å². The summed E-state index contributed by atoms with van der Waals surface area (Å²) in [7, 11) is 2.10. The van der Waals surface area contributed by atoms with Crippen LogP contribution in [0.4, 0.5) is 26.3 Å². The van der Waals surface area contributed by atoms with Gasteiger partial charge in [-0.1, -0.05) is 0 Å². The number of hydroxylamine groups is 4. The lowest BCUT2D eigenvalue weighted by Crippen LogP contribution is -2.49. The molecule has 2 aliphatic rings. The highest BCUT2D eigenvalue weighted by Crippen LogP contribution is 2.55. The Morgan fingerprint density at radius 1 is 0.788 bits per heavy atom. The number of nitrogens with zero attached hydrogens (tertiary/aromatic N) is 4. The van der Waals surface area contributed by atoms with Gasteiger partial charge in [0.2, 0.25) is 0 Å². The Labute approximate surface area is 190 Å². The highest BCUT2D eigenvalue weighted by Gasteiger charge is 2.45. The first-order chi connectivity index (χ1) is 15.0. The van der Waals surface area contributed by atoms with Crippen LogP contribution < -0.4 is 0 Å². The zero-order chi connectivity index (χ0) is 25.2. The molecule has 0 spiro atoms. The maximum Gasteiger partial charge on any atom is 0.471 e. The summed E-state index contributed by atoms with van der Waals surface area (Å²) in [6.07, 6.45) is -9.52. The molecule has 0 aliphatic carbocycles. The molecule has 0 atom stereocenters. The van der Waals surface area contributed by atoms with Gasteiger partial charge in [-0.2, -0.15) is 36.5 Å². The predicted molar refractivity (Wildman–Crippen MR) is 102 cm³/mol. The Kier molecular flexibility index (Phi) is 9.07. The summed E-state index contributed by atoms with van der Waals surface area (Å²) in [5, 5.41) is 2.33. The summed E-state index contributed by atoms with van der Waals surface area (Å²) in [4.78, 5) is 23.9. The molecule has 2 aliphatic heterocycles. The van der Waals surface area contributed by atoms with Crippen molar-refractivity contribution < 1.29 is 49.7 Å². The molecule has 0 radical (unpaired) electrons. The van der Waals surface area contributed by atoms with Crippen molar-refractivity contribution in [3.63, 3.8) is 0 Å². The van der Waals surface area contributed by atoms with Gasteiger partial charge < -0.3 is 9.80 Å². The molecule has 33 heavy (non-hydrogen) atoms. The molecule has 0 N–H and O–H groups in total. The van der Waals surface area contributed by atoms with Gasteiger partial charge in [-0.25, -0.2) is 13.8 Å². The van der Waals surface area contributed by atoms with Crippen LogP contribution in [0.5, 0.6) is 0 Å². The minimum absolute atomic E-state index is 0.0344. The number of hydrogen-bond donors (Lipinski definition) is 0. The van der Waals surface area contributed by atoms with Gasteiger partial charge in [0.15, 0.2) is 0 Å². The van der Waals surface area contributed by atoms with E-state index in [0.717, 1.165) is 14.1 Å². The molecule has 2 saturated heterocycles. The van der Waals surface area contributed by atoms with Crippen LogP contribution in [0.3, 0.4) is 0 Å². The molecule has 192 valence electrons. The van der Waals surface area contributed by atoms with Crippen LogP contribution in [0.2, 0.25) is 0 Å². The van der Waals surface area contributed by atoms with Gasteiger partial charge in [0.1, 0.15) is 0 Å². The van der Waals surface area contributed by atoms with Crippen molar-refractivity contribution in [2.45, 2.75) is 50.1 Å². The van der Waals surface area contributed by atoms with E-state index < -0.39 is 43.2 Å². The van der Waals surface area contributed by atoms with Crippen molar-refractivity contribution in [1.29, 1.82) is 0 Å². The summed E-state index contributed by atoms with van der Waals surface area (Å²) in [6, 6.07) is -1.38. The first-order valence-corrected chi connectivity index (χ1v) is 12.3. The fourth-order valence-corrected chi connectivity index (χ4v) is 5.08. The number of rotatable bonds is 6. The van der Waals surface area contributed by atoms with Gasteiger partial charge in [0.05, 0.1) is 0 Å². The van der Waals surface area contributed by atoms with Gasteiger partial charge in [-0.3, -0.25) is 9.59 Å². The molecular formula is C16H24ClF6N4O5P. The third kappa shape index (κ3) is 7.96. The number of alkyl halides is 6. The van der Waals surface area contributed by atoms with E-state index in [1.165, 1.54) is 10.1 Å². The maximum atomic E-state index is 12.6. The first-order valence-electron chi connectivity index (χ1n) is 9.88. The molecule has 0 aromatic carbocycles. The van der Waals surface area contributed by atoms with E-state index >= 15 is 0 Å². The zero-order valence-electron chi connectivity index (χ0n) is 17.7. The molecule has 0 aromatic heterocycles. The first kappa shape index (κ1) is 28.1. The van der Waals surface area contributed by atoms with Gasteiger partial charge in [0.25, 0.3) is 0 Å². The summed E-state index contributed by atoms with van der Waals surface area (Å²) >= 11 is 5.82. The average molecular weight is 533 g/mol. The minimum atomic E-state index is -4.98. The van der Waals surface area contributed by atoms with E-state index in [4.69, 9.17) is 20.5 Å². The smallest absolute Gasteiger partial charge is 0.335 e. The fraction of sp³-hybridized carbons (Fsp3) is 0.875. The number of carbonyl (C=O) groups is 2. The van der Waals surface area contributed by atoms with E-state index in [1.54, 1.807) is 0 Å². The number of halogens is 7. The van der Waals surface area contributed by atoms with E-state index in [-0.39, 0.29) is 51.9 Å². The molecule has 17 heteroatoms. The molecular weight excluding hydrogens is 509 g/mol. The second-order valence-electron chi connectivity index (χ2n) is 7.74. The Hall–Kier alpha value is -1.12. The molecule has 2 amide bonds. The monoisotopic (exact) mass is 532 g/mol. The molecule has 2 heterocycles. The standard InChI is InChI=1S/C16H24ClF6N4O5P/c1-24(13(28)15(18,19)20)11-3-7-26(8-4-11)31-33(17,30)32-27-9-5-12(6-10-27)25(2)14(29)16(21,22)23/h11-12H,3-10H2,1-2H3. The van der Waals surface area contributed by atoms with Crippen LogP contribution in [-0.2, 0) is 23.4 Å². The van der Waals surface area contributed by atoms with Crippen molar-refractivity contribution >= 4 is 30.0 Å². The lowest BCUT2D eigenvalue weighted by Gasteiger charge is -2.38. The van der Waals surface area contributed by atoms with Gasteiger partial charge in [0, 0.05) is 63.6 Å². The Morgan fingerprint density at radius 3 is 1.30 bits per heavy atom. The molecule has 0 saturated carbocycles. The predicted octanol–water partition coefficient (Wildman–Crippen LogP) is 3.17. The van der Waals surface area contributed by atoms with Gasteiger partial charge >= 0.3 is 31.1 Å². The Bertz CT molecular complexity index is 699. The number of piperidine rings is 2. The zero-order valence-corrected chi connectivity index (χ0v) is 19.4. The molecule has 9 nitrogen and oxygen atoms in total. The Morgan fingerprint density at radius 2 is 1.06 bits per heavy atom. The molecule has 2 fully saturated rings. The largest absolute Gasteiger partial charge is 0.471 e. The van der Waals surface area contributed by atoms with Crippen molar-refractivity contribution in [3.05, 3.63) is 0 Å². The lowest BCUT2D eigenvalue weighted by molar-refractivity contribution is -0.189. The quantitative estimate of drug-likeness (QED) is 0.384. The molecule has 0 unspecified atom stereocenters. The van der Waals surface area contributed by atoms with Crippen LogP contribution in [0.15, 0.2) is 0 Å². The third-order valence-corrected chi connectivity index (χ3v) is 6.72. The van der Waals surface area contributed by atoms with E-state index in [0.29, 0.717) is 9.80 Å². The highest BCUT2D eigenvalue weighted by molar-refractivity contribution is 7.81. The molecule has 0 aromatic rings. The van der Waals surface area contributed by atoms with E-state index in [1.807, 2.05) is 0 Å². The normalized spacial score (nSPS) is 20.6. The number of amides is 2. The van der Waals surface area contributed by atoms with Gasteiger partial charge in [-0.15, -0.1) is 0 Å². The van der Waals surface area contributed by atoms with E-state index in [9.17, 15) is 40.5 Å². The SMILES string of the molecule is CN(C(=O)C(F)(F)F)C1CCN(OP(=O)(Cl)ON2CCC(N(C)C(=O)C(F)(F)F)CC2)CC1. The van der Waals surface area contributed by atoms with Crippen molar-refractivity contribution in [2.24, 2.45) is 0 Å².